The number of nitrogens with zero attached hydrogens (tertiary/aromatic N) is 2. The summed E-state index contributed by atoms with van der Waals surface area (Å²) in [6.45, 7) is 2.08. The van der Waals surface area contributed by atoms with E-state index in [-0.39, 0.29) is 13.2 Å². The summed E-state index contributed by atoms with van der Waals surface area (Å²) in [5.74, 6) is -1.09. The SMILES string of the molecule is CCOC(=O)C1CN(C(=O)Nc2ccc(Cl)cc2)N=C1c1ccc(Cl)cc1. The van der Waals surface area contributed by atoms with Gasteiger partial charge in [0.25, 0.3) is 0 Å². The Balaban J connectivity index is 1.83. The van der Waals surface area contributed by atoms with Gasteiger partial charge in [-0.05, 0) is 48.9 Å². The van der Waals surface area contributed by atoms with E-state index in [1.807, 2.05) is 0 Å². The maximum atomic E-state index is 12.6. The predicted molar refractivity (Wildman–Crippen MR) is 105 cm³/mol. The quantitative estimate of drug-likeness (QED) is 0.764. The Morgan fingerprint density at radius 1 is 1.11 bits per heavy atom. The van der Waals surface area contributed by atoms with Crippen LogP contribution in [0.4, 0.5) is 10.5 Å². The number of hydrogen-bond donors (Lipinski definition) is 1. The smallest absolute Gasteiger partial charge is 0.342 e. The molecule has 8 heteroatoms. The van der Waals surface area contributed by atoms with Crippen LogP contribution in [0.15, 0.2) is 53.6 Å². The highest BCUT2D eigenvalue weighted by molar-refractivity contribution is 6.31. The molecule has 0 saturated heterocycles. The highest BCUT2D eigenvalue weighted by Crippen LogP contribution is 2.23. The number of nitrogens with one attached hydrogen (secondary N) is 1. The lowest BCUT2D eigenvalue weighted by molar-refractivity contribution is -0.145. The van der Waals surface area contributed by atoms with Crippen molar-refractivity contribution in [2.24, 2.45) is 11.0 Å². The zero-order chi connectivity index (χ0) is 19.4. The van der Waals surface area contributed by atoms with E-state index in [1.165, 1.54) is 5.01 Å². The van der Waals surface area contributed by atoms with Gasteiger partial charge in [-0.15, -0.1) is 0 Å². The maximum Gasteiger partial charge on any atom is 0.342 e. The molecule has 0 spiro atoms. The minimum atomic E-state index is -0.665. The molecular weight excluding hydrogens is 389 g/mol. The van der Waals surface area contributed by atoms with Crippen molar-refractivity contribution < 1.29 is 14.3 Å². The minimum Gasteiger partial charge on any atom is -0.465 e. The Kier molecular flexibility index (Phi) is 5.98. The summed E-state index contributed by atoms with van der Waals surface area (Å²) in [7, 11) is 0. The molecule has 0 aromatic heterocycles. The van der Waals surface area contributed by atoms with Crippen LogP contribution in [0, 0.1) is 5.92 Å². The van der Waals surface area contributed by atoms with Gasteiger partial charge in [0, 0.05) is 15.7 Å². The van der Waals surface area contributed by atoms with Crippen LogP contribution < -0.4 is 5.32 Å². The normalized spacial score (nSPS) is 16.0. The van der Waals surface area contributed by atoms with Crippen LogP contribution in [0.25, 0.3) is 0 Å². The number of esters is 1. The highest BCUT2D eigenvalue weighted by Gasteiger charge is 2.37. The number of amides is 2. The van der Waals surface area contributed by atoms with Gasteiger partial charge in [0.15, 0.2) is 0 Å². The zero-order valence-corrected chi connectivity index (χ0v) is 16.0. The Labute approximate surface area is 166 Å². The molecule has 140 valence electrons. The number of halogens is 2. The van der Waals surface area contributed by atoms with E-state index in [9.17, 15) is 9.59 Å². The number of hydrazone groups is 1. The van der Waals surface area contributed by atoms with Gasteiger partial charge in [-0.1, -0.05) is 35.3 Å². The summed E-state index contributed by atoms with van der Waals surface area (Å²) in [6, 6.07) is 13.2. The summed E-state index contributed by atoms with van der Waals surface area (Å²) in [4.78, 5) is 24.9. The van der Waals surface area contributed by atoms with Gasteiger partial charge >= 0.3 is 12.0 Å². The zero-order valence-electron chi connectivity index (χ0n) is 14.5. The van der Waals surface area contributed by atoms with Gasteiger partial charge in [-0.3, -0.25) is 4.79 Å². The van der Waals surface area contributed by atoms with E-state index >= 15 is 0 Å². The Hall–Kier alpha value is -2.57. The Morgan fingerprint density at radius 2 is 1.70 bits per heavy atom. The van der Waals surface area contributed by atoms with Crippen molar-refractivity contribution in [2.75, 3.05) is 18.5 Å². The van der Waals surface area contributed by atoms with E-state index in [0.29, 0.717) is 27.0 Å². The second-order valence-electron chi connectivity index (χ2n) is 5.82. The van der Waals surface area contributed by atoms with Crippen molar-refractivity contribution in [1.82, 2.24) is 5.01 Å². The van der Waals surface area contributed by atoms with Crippen LogP contribution in [0.1, 0.15) is 12.5 Å². The van der Waals surface area contributed by atoms with E-state index < -0.39 is 17.9 Å². The summed E-state index contributed by atoms with van der Waals surface area (Å²) in [5, 5.41) is 9.45. The number of rotatable bonds is 4. The third kappa shape index (κ3) is 4.59. The number of urea groups is 1. The fraction of sp³-hybridized carbons (Fsp3) is 0.211. The lowest BCUT2D eigenvalue weighted by Gasteiger charge is -2.15. The molecule has 1 atom stereocenters. The molecule has 27 heavy (non-hydrogen) atoms. The second kappa shape index (κ2) is 8.41. The van der Waals surface area contributed by atoms with Crippen molar-refractivity contribution in [3.05, 3.63) is 64.1 Å². The average Bonchev–Trinajstić information content (AvgIpc) is 3.10. The molecule has 0 bridgehead atoms. The van der Waals surface area contributed by atoms with Crippen LogP contribution in [-0.4, -0.2) is 35.9 Å². The van der Waals surface area contributed by atoms with Crippen LogP contribution >= 0.6 is 23.2 Å². The third-order valence-corrected chi connectivity index (χ3v) is 4.46. The molecule has 1 unspecified atom stereocenters. The van der Waals surface area contributed by atoms with Crippen LogP contribution in [0.2, 0.25) is 10.0 Å². The van der Waals surface area contributed by atoms with Gasteiger partial charge in [-0.25, -0.2) is 9.80 Å². The first kappa shape index (κ1) is 19.2. The average molecular weight is 406 g/mol. The summed E-state index contributed by atoms with van der Waals surface area (Å²) < 4.78 is 5.14. The molecule has 1 aliphatic rings. The molecule has 1 N–H and O–H groups in total. The van der Waals surface area contributed by atoms with E-state index in [4.69, 9.17) is 27.9 Å². The molecule has 2 aromatic carbocycles. The number of anilines is 1. The Bertz CT molecular complexity index is 867. The van der Waals surface area contributed by atoms with Crippen molar-refractivity contribution in [1.29, 1.82) is 0 Å². The number of carbonyl (C=O) groups is 2. The van der Waals surface area contributed by atoms with Gasteiger partial charge in [-0.2, -0.15) is 5.10 Å². The largest absolute Gasteiger partial charge is 0.465 e. The highest BCUT2D eigenvalue weighted by atomic mass is 35.5. The first-order valence-corrected chi connectivity index (χ1v) is 9.08. The number of carbonyl (C=O) groups excluding carboxylic acids is 2. The summed E-state index contributed by atoms with van der Waals surface area (Å²) in [6.07, 6.45) is 0. The van der Waals surface area contributed by atoms with E-state index in [0.717, 1.165) is 0 Å². The molecule has 0 aliphatic carbocycles. The van der Waals surface area contributed by atoms with Crippen molar-refractivity contribution >= 4 is 46.6 Å². The summed E-state index contributed by atoms with van der Waals surface area (Å²) >= 11 is 11.8. The molecule has 0 saturated carbocycles. The van der Waals surface area contributed by atoms with Crippen molar-refractivity contribution in [3.63, 3.8) is 0 Å². The number of hydrogen-bond acceptors (Lipinski definition) is 4. The second-order valence-corrected chi connectivity index (χ2v) is 6.69. The molecule has 0 radical (unpaired) electrons. The molecule has 2 amide bonds. The van der Waals surface area contributed by atoms with Crippen molar-refractivity contribution in [2.45, 2.75) is 6.92 Å². The van der Waals surface area contributed by atoms with Crippen molar-refractivity contribution in [3.8, 4) is 0 Å². The van der Waals surface area contributed by atoms with Gasteiger partial charge in [0.1, 0.15) is 5.92 Å². The lowest BCUT2D eigenvalue weighted by Crippen LogP contribution is -2.34. The topological polar surface area (TPSA) is 71.0 Å². The van der Waals surface area contributed by atoms with E-state index in [1.54, 1.807) is 55.5 Å². The van der Waals surface area contributed by atoms with Gasteiger partial charge in [0.2, 0.25) is 0 Å². The molecule has 1 aliphatic heterocycles. The van der Waals surface area contributed by atoms with Crippen LogP contribution in [0.3, 0.4) is 0 Å². The molecule has 0 fully saturated rings. The minimum absolute atomic E-state index is 0.0935. The molecule has 6 nitrogen and oxygen atoms in total. The Morgan fingerprint density at radius 3 is 2.30 bits per heavy atom. The van der Waals surface area contributed by atoms with Gasteiger partial charge < -0.3 is 10.1 Å². The monoisotopic (exact) mass is 405 g/mol. The standard InChI is InChI=1S/C19H17Cl2N3O3/c1-2-27-18(25)16-11-24(19(26)22-15-9-7-14(21)8-10-15)23-17(16)12-3-5-13(20)6-4-12/h3-10,16H,2,11H2,1H3,(H,22,26). The molecular formula is C19H17Cl2N3O3. The maximum absolute atomic E-state index is 12.6. The van der Waals surface area contributed by atoms with E-state index in [2.05, 4.69) is 10.4 Å². The molecule has 3 rings (SSSR count). The summed E-state index contributed by atoms with van der Waals surface area (Å²) in [5.41, 5.74) is 1.75. The molecule has 2 aromatic rings. The predicted octanol–water partition coefficient (Wildman–Crippen LogP) is 4.42. The van der Waals surface area contributed by atoms with Crippen LogP contribution in [-0.2, 0) is 9.53 Å². The lowest BCUT2D eigenvalue weighted by atomic mass is 9.98. The molecule has 1 heterocycles. The first-order chi connectivity index (χ1) is 13.0. The number of benzene rings is 2. The number of ether oxygens (including phenoxy) is 1. The van der Waals surface area contributed by atoms with Gasteiger partial charge in [0.05, 0.1) is 18.9 Å². The fourth-order valence-corrected chi connectivity index (χ4v) is 2.91. The van der Waals surface area contributed by atoms with Crippen LogP contribution in [0.5, 0.6) is 0 Å². The first-order valence-electron chi connectivity index (χ1n) is 8.33. The third-order valence-electron chi connectivity index (χ3n) is 3.96. The fourth-order valence-electron chi connectivity index (χ4n) is 2.66.